The first-order chi connectivity index (χ1) is 19.4. The zero-order valence-corrected chi connectivity index (χ0v) is 24.3. The van der Waals surface area contributed by atoms with E-state index in [1.807, 2.05) is 31.2 Å². The molecule has 8 nitrogen and oxygen atoms in total. The van der Waals surface area contributed by atoms with Crippen LogP contribution < -0.4 is 0 Å². The maximum atomic E-state index is 14.1. The minimum atomic E-state index is -1.61. The number of allylic oxidation sites excluding steroid dienone is 4. The van der Waals surface area contributed by atoms with Gasteiger partial charge in [0.2, 0.25) is 5.78 Å². The maximum absolute atomic E-state index is 14.1. The molecule has 41 heavy (non-hydrogen) atoms. The van der Waals surface area contributed by atoms with Crippen LogP contribution in [0.3, 0.4) is 0 Å². The number of rotatable bonds is 7. The molecule has 0 amide bonds. The van der Waals surface area contributed by atoms with Crippen LogP contribution in [-0.2, 0) is 35.0 Å². The van der Waals surface area contributed by atoms with Gasteiger partial charge in [-0.1, -0.05) is 55.8 Å². The molecule has 1 aromatic rings. The highest BCUT2D eigenvalue weighted by Gasteiger charge is 2.70. The minimum absolute atomic E-state index is 0.0180. The summed E-state index contributed by atoms with van der Waals surface area (Å²) < 4.78 is 16.7. The van der Waals surface area contributed by atoms with Crippen molar-refractivity contribution in [2.75, 3.05) is 6.61 Å². The van der Waals surface area contributed by atoms with Gasteiger partial charge in [-0.05, 0) is 75.5 Å². The number of ketones is 2. The Morgan fingerprint density at radius 2 is 1.83 bits per heavy atom. The number of carbonyl (C=O) groups is 4. The van der Waals surface area contributed by atoms with Crippen LogP contribution in [0.15, 0.2) is 54.1 Å². The van der Waals surface area contributed by atoms with Crippen molar-refractivity contribution in [1.29, 1.82) is 0 Å². The zero-order chi connectivity index (χ0) is 29.6. The van der Waals surface area contributed by atoms with Crippen molar-refractivity contribution >= 4 is 23.7 Å². The van der Waals surface area contributed by atoms with Crippen LogP contribution >= 0.6 is 0 Å². The average molecular weight is 565 g/mol. The fourth-order valence-corrected chi connectivity index (χ4v) is 8.43. The molecule has 1 aromatic carbocycles. The van der Waals surface area contributed by atoms with E-state index in [4.69, 9.17) is 14.2 Å². The van der Waals surface area contributed by atoms with Crippen LogP contribution in [0, 0.1) is 28.6 Å². The lowest BCUT2D eigenvalue weighted by Gasteiger charge is -2.59. The van der Waals surface area contributed by atoms with Gasteiger partial charge in [0.1, 0.15) is 0 Å². The number of Topliss-reactive ketones (excluding diaryl/α,β-unsaturated/α-hetero) is 1. The standard InChI is InChI=1S/C33H40O8/c1-20(2)40-30(38)41-33(27(36)19-39-28(37)16-21-8-6-5-7-9-21)15-13-25-24-11-10-22-17-23(34)12-14-31(22,3)29(24)26(35)18-32(25,33)4/h5-9,12,14,17,20,24-26,29,35H,10-11,13,15-16,18-19H2,1-4H3/t24-,25-,26?,29+,31-,32-,33-/m0/s1. The fraction of sp³-hybridized carbons (Fsp3) is 0.576. The van der Waals surface area contributed by atoms with Gasteiger partial charge in [-0.25, -0.2) is 4.79 Å². The van der Waals surface area contributed by atoms with E-state index in [2.05, 4.69) is 6.92 Å². The van der Waals surface area contributed by atoms with Gasteiger partial charge in [0, 0.05) is 16.7 Å². The van der Waals surface area contributed by atoms with Gasteiger partial charge in [0.15, 0.2) is 18.0 Å². The Bertz CT molecular complexity index is 1280. The predicted molar refractivity (Wildman–Crippen MR) is 150 cm³/mol. The molecule has 0 heterocycles. The molecule has 1 unspecified atom stereocenters. The molecular formula is C33H40O8. The molecule has 5 rings (SSSR count). The molecule has 4 aliphatic carbocycles. The summed E-state index contributed by atoms with van der Waals surface area (Å²) in [7, 11) is 0. The zero-order valence-electron chi connectivity index (χ0n) is 24.3. The van der Waals surface area contributed by atoms with Gasteiger partial charge >= 0.3 is 12.1 Å². The third kappa shape index (κ3) is 5.05. The number of ether oxygens (including phenoxy) is 3. The van der Waals surface area contributed by atoms with Crippen LogP contribution in [0.25, 0.3) is 0 Å². The van der Waals surface area contributed by atoms with E-state index in [-0.39, 0.29) is 42.8 Å². The van der Waals surface area contributed by atoms with E-state index in [0.29, 0.717) is 6.42 Å². The Balaban J connectivity index is 1.43. The Kier molecular flexibility index (Phi) is 7.74. The SMILES string of the molecule is CC(C)OC(=O)O[C@]1(C(=O)COC(=O)Cc2ccccc2)CC[C@H]2[C@@H]3CCC4=CC(=O)C=C[C@]4(C)[C@H]3C(O)C[C@@]21C. The molecular weight excluding hydrogens is 524 g/mol. The van der Waals surface area contributed by atoms with Gasteiger partial charge in [-0.2, -0.15) is 0 Å². The number of aliphatic hydroxyl groups excluding tert-OH is 1. The average Bonchev–Trinajstić information content (AvgIpc) is 3.19. The first-order valence-electron chi connectivity index (χ1n) is 14.6. The molecule has 0 radical (unpaired) electrons. The van der Waals surface area contributed by atoms with Crippen molar-refractivity contribution in [3.8, 4) is 0 Å². The quantitative estimate of drug-likeness (QED) is 0.464. The first kappa shape index (κ1) is 29.2. The number of esters is 1. The summed E-state index contributed by atoms with van der Waals surface area (Å²) in [5.74, 6) is -1.20. The highest BCUT2D eigenvalue weighted by molar-refractivity contribution is 6.01. The van der Waals surface area contributed by atoms with Gasteiger partial charge < -0.3 is 19.3 Å². The van der Waals surface area contributed by atoms with E-state index in [9.17, 15) is 24.3 Å². The minimum Gasteiger partial charge on any atom is -0.457 e. The molecule has 8 heteroatoms. The van der Waals surface area contributed by atoms with Crippen LogP contribution in [-0.4, -0.2) is 53.2 Å². The second-order valence-corrected chi connectivity index (χ2v) is 12.8. The summed E-state index contributed by atoms with van der Waals surface area (Å²) in [6, 6.07) is 9.11. The van der Waals surface area contributed by atoms with Gasteiger partial charge in [0.25, 0.3) is 0 Å². The highest BCUT2D eigenvalue weighted by Crippen LogP contribution is 2.68. The number of aliphatic hydroxyl groups is 1. The van der Waals surface area contributed by atoms with Crippen LogP contribution in [0.4, 0.5) is 4.79 Å². The number of carbonyl (C=O) groups excluding carboxylic acids is 4. The van der Waals surface area contributed by atoms with Crippen molar-refractivity contribution < 1.29 is 38.5 Å². The lowest BCUT2D eigenvalue weighted by Crippen LogP contribution is -2.63. The molecule has 4 aliphatic rings. The molecule has 0 bridgehead atoms. The predicted octanol–water partition coefficient (Wildman–Crippen LogP) is 4.92. The highest BCUT2D eigenvalue weighted by atomic mass is 16.7. The Labute approximate surface area is 241 Å². The van der Waals surface area contributed by atoms with Gasteiger partial charge in [-0.3, -0.25) is 14.4 Å². The van der Waals surface area contributed by atoms with Crippen LogP contribution in [0.5, 0.6) is 0 Å². The fourth-order valence-electron chi connectivity index (χ4n) is 8.43. The molecule has 0 spiro atoms. The van der Waals surface area contributed by atoms with E-state index in [1.54, 1.807) is 38.1 Å². The van der Waals surface area contributed by atoms with Crippen molar-refractivity contribution in [3.63, 3.8) is 0 Å². The lowest BCUT2D eigenvalue weighted by molar-refractivity contribution is -0.186. The van der Waals surface area contributed by atoms with E-state index < -0.39 is 53.2 Å². The van der Waals surface area contributed by atoms with Gasteiger partial charge in [0.05, 0.1) is 18.6 Å². The molecule has 0 saturated heterocycles. The van der Waals surface area contributed by atoms with E-state index in [0.717, 1.165) is 24.0 Å². The smallest absolute Gasteiger partial charge is 0.457 e. The second-order valence-electron chi connectivity index (χ2n) is 12.8. The normalized spacial score (nSPS) is 35.6. The lowest BCUT2D eigenvalue weighted by atomic mass is 9.46. The third-order valence-corrected chi connectivity index (χ3v) is 10.2. The molecule has 3 saturated carbocycles. The van der Waals surface area contributed by atoms with Crippen molar-refractivity contribution in [2.45, 2.75) is 84.0 Å². The number of benzene rings is 1. The summed E-state index contributed by atoms with van der Waals surface area (Å²) in [4.78, 5) is 51.7. The Hall–Kier alpha value is -3.26. The van der Waals surface area contributed by atoms with Crippen molar-refractivity contribution in [1.82, 2.24) is 0 Å². The van der Waals surface area contributed by atoms with E-state index >= 15 is 0 Å². The number of fused-ring (bicyclic) bond motifs is 5. The topological polar surface area (TPSA) is 116 Å². The van der Waals surface area contributed by atoms with Crippen molar-refractivity contribution in [3.05, 3.63) is 59.7 Å². The molecule has 7 atom stereocenters. The summed E-state index contributed by atoms with van der Waals surface area (Å²) >= 11 is 0. The molecule has 220 valence electrons. The van der Waals surface area contributed by atoms with Crippen LogP contribution in [0.1, 0.15) is 65.4 Å². The Morgan fingerprint density at radius 3 is 2.54 bits per heavy atom. The maximum Gasteiger partial charge on any atom is 0.509 e. The van der Waals surface area contributed by atoms with Gasteiger partial charge in [-0.15, -0.1) is 0 Å². The van der Waals surface area contributed by atoms with Crippen molar-refractivity contribution in [2.24, 2.45) is 28.6 Å². The number of hydrogen-bond acceptors (Lipinski definition) is 8. The summed E-state index contributed by atoms with van der Waals surface area (Å²) in [5, 5.41) is 11.7. The number of hydrogen-bond donors (Lipinski definition) is 1. The second kappa shape index (κ2) is 10.9. The summed E-state index contributed by atoms with van der Waals surface area (Å²) in [5.41, 5.74) is -1.17. The first-order valence-corrected chi connectivity index (χ1v) is 14.6. The Morgan fingerprint density at radius 1 is 1.10 bits per heavy atom. The molecule has 0 aromatic heterocycles. The summed E-state index contributed by atoms with van der Waals surface area (Å²) in [6.45, 7) is 6.87. The molecule has 0 aliphatic heterocycles. The third-order valence-electron chi connectivity index (χ3n) is 10.2. The summed E-state index contributed by atoms with van der Waals surface area (Å²) in [6.07, 6.45) is 5.61. The largest absolute Gasteiger partial charge is 0.509 e. The van der Waals surface area contributed by atoms with Crippen LogP contribution in [0.2, 0.25) is 0 Å². The van der Waals surface area contributed by atoms with E-state index in [1.165, 1.54) is 0 Å². The molecule has 3 fully saturated rings. The monoisotopic (exact) mass is 564 g/mol. The molecule has 1 N–H and O–H groups in total.